The van der Waals surface area contributed by atoms with E-state index in [0.29, 0.717) is 74.9 Å². The number of benzene rings is 1. The molecular formula is C24H30N6O5S. The molecule has 0 bridgehead atoms. The van der Waals surface area contributed by atoms with Crippen LogP contribution in [0, 0.1) is 5.92 Å². The summed E-state index contributed by atoms with van der Waals surface area (Å²) >= 11 is 0. The fraction of sp³-hybridized carbons (Fsp3) is 0.500. The molecule has 1 aromatic carbocycles. The van der Waals surface area contributed by atoms with E-state index in [1.54, 1.807) is 6.20 Å². The normalized spacial score (nSPS) is 18.1. The molecule has 2 fully saturated rings. The maximum absolute atomic E-state index is 13.3. The molecule has 0 atom stereocenters. The van der Waals surface area contributed by atoms with Gasteiger partial charge in [0.25, 0.3) is 0 Å². The Hall–Kier alpha value is -2.93. The number of carbonyl (C=O) groups is 1. The minimum atomic E-state index is -3.22. The van der Waals surface area contributed by atoms with Crippen LogP contribution >= 0.6 is 0 Å². The number of hydrogen-bond acceptors (Lipinski definition) is 9. The molecule has 3 aromatic rings. The topological polar surface area (TPSA) is 131 Å². The van der Waals surface area contributed by atoms with Crippen molar-refractivity contribution in [2.24, 2.45) is 5.92 Å². The van der Waals surface area contributed by atoms with Crippen molar-refractivity contribution in [1.82, 2.24) is 24.1 Å². The summed E-state index contributed by atoms with van der Waals surface area (Å²) in [5, 5.41) is 14.7. The van der Waals surface area contributed by atoms with Gasteiger partial charge >= 0.3 is 0 Å². The van der Waals surface area contributed by atoms with E-state index >= 15 is 0 Å². The summed E-state index contributed by atoms with van der Waals surface area (Å²) in [6, 6.07) is 7.49. The summed E-state index contributed by atoms with van der Waals surface area (Å²) in [5.74, 6) is 0.409. The predicted molar refractivity (Wildman–Crippen MR) is 134 cm³/mol. The molecule has 2 aliphatic heterocycles. The van der Waals surface area contributed by atoms with Crippen LogP contribution < -0.4 is 4.90 Å². The van der Waals surface area contributed by atoms with Gasteiger partial charge in [-0.1, -0.05) is 18.2 Å². The van der Waals surface area contributed by atoms with Crippen molar-refractivity contribution in [3.05, 3.63) is 36.0 Å². The van der Waals surface area contributed by atoms with E-state index < -0.39 is 10.0 Å². The predicted octanol–water partition coefficient (Wildman–Crippen LogP) is 1.52. The van der Waals surface area contributed by atoms with Crippen LogP contribution in [0.2, 0.25) is 0 Å². The number of rotatable bonds is 6. The Balaban J connectivity index is 1.48. The fourth-order valence-electron chi connectivity index (χ4n) is 4.80. The third kappa shape index (κ3) is 5.12. The summed E-state index contributed by atoms with van der Waals surface area (Å²) in [4.78, 5) is 25.0. The van der Waals surface area contributed by atoms with Crippen LogP contribution in [-0.4, -0.2) is 89.1 Å². The Kier molecular flexibility index (Phi) is 7.02. The minimum Gasteiger partial charge on any atom is -0.392 e. The molecule has 0 unspecified atom stereocenters. The number of sulfonamides is 1. The molecule has 11 nitrogen and oxygen atoms in total. The van der Waals surface area contributed by atoms with Gasteiger partial charge in [-0.25, -0.2) is 17.7 Å². The second kappa shape index (κ2) is 10.2. The van der Waals surface area contributed by atoms with Crippen molar-refractivity contribution in [2.75, 3.05) is 50.5 Å². The quantitative estimate of drug-likeness (QED) is 0.520. The number of aliphatic hydroxyl groups is 1. The summed E-state index contributed by atoms with van der Waals surface area (Å²) in [6.45, 7) is 3.18. The van der Waals surface area contributed by atoms with Crippen LogP contribution in [0.1, 0.15) is 29.6 Å². The third-order valence-electron chi connectivity index (χ3n) is 6.84. The van der Waals surface area contributed by atoms with Crippen molar-refractivity contribution in [1.29, 1.82) is 0 Å². The minimum absolute atomic E-state index is 0.0796. The van der Waals surface area contributed by atoms with Crippen molar-refractivity contribution in [3.8, 4) is 11.3 Å². The van der Waals surface area contributed by atoms with E-state index in [4.69, 9.17) is 14.7 Å². The highest BCUT2D eigenvalue weighted by Crippen LogP contribution is 2.30. The number of aliphatic hydroxyl groups excluding tert-OH is 1. The maximum atomic E-state index is 13.3. The van der Waals surface area contributed by atoms with Crippen LogP contribution in [0.3, 0.4) is 0 Å². The lowest BCUT2D eigenvalue weighted by Gasteiger charge is -2.29. The SMILES string of the molecule is CS(=O)(=O)N1CCC(CC(=O)n2ncc3c(-c4cccc(CO)c4)nc(N4CCOCC4)nc32)CC1. The molecule has 5 rings (SSSR count). The number of hydrogen-bond donors (Lipinski definition) is 1. The molecule has 12 heteroatoms. The Morgan fingerprint density at radius 2 is 1.89 bits per heavy atom. The van der Waals surface area contributed by atoms with Gasteiger partial charge < -0.3 is 14.7 Å². The van der Waals surface area contributed by atoms with E-state index in [-0.39, 0.29) is 24.9 Å². The van der Waals surface area contributed by atoms with Crippen LogP contribution in [0.4, 0.5) is 5.95 Å². The number of carbonyl (C=O) groups excluding carboxylic acids is 1. The smallest absolute Gasteiger partial charge is 0.249 e. The summed E-state index contributed by atoms with van der Waals surface area (Å²) in [7, 11) is -3.22. The number of fused-ring (bicyclic) bond motifs is 1. The van der Waals surface area contributed by atoms with E-state index in [0.717, 1.165) is 11.1 Å². The van der Waals surface area contributed by atoms with Gasteiger partial charge in [-0.15, -0.1) is 0 Å². The molecule has 2 saturated heterocycles. The maximum Gasteiger partial charge on any atom is 0.249 e. The molecule has 0 radical (unpaired) electrons. The number of ether oxygens (including phenoxy) is 1. The third-order valence-corrected chi connectivity index (χ3v) is 8.14. The van der Waals surface area contributed by atoms with Gasteiger partial charge in [-0.2, -0.15) is 14.8 Å². The summed E-state index contributed by atoms with van der Waals surface area (Å²) in [5.41, 5.74) is 2.66. The number of anilines is 1. The molecule has 2 aliphatic rings. The lowest BCUT2D eigenvalue weighted by molar-refractivity contribution is 0.0852. The monoisotopic (exact) mass is 514 g/mol. The van der Waals surface area contributed by atoms with Crippen LogP contribution in [0.15, 0.2) is 30.5 Å². The number of nitrogens with zero attached hydrogens (tertiary/aromatic N) is 6. The second-order valence-corrected chi connectivity index (χ2v) is 11.3. The summed E-state index contributed by atoms with van der Waals surface area (Å²) < 4.78 is 31.9. The van der Waals surface area contributed by atoms with Gasteiger partial charge in [0.15, 0.2) is 5.65 Å². The molecule has 0 aliphatic carbocycles. The van der Waals surface area contributed by atoms with Gasteiger partial charge in [0.1, 0.15) is 0 Å². The van der Waals surface area contributed by atoms with Gasteiger partial charge in [0, 0.05) is 38.2 Å². The van der Waals surface area contributed by atoms with Crippen LogP contribution in [-0.2, 0) is 21.4 Å². The van der Waals surface area contributed by atoms with E-state index in [2.05, 4.69) is 5.10 Å². The van der Waals surface area contributed by atoms with E-state index in [9.17, 15) is 18.3 Å². The highest BCUT2D eigenvalue weighted by molar-refractivity contribution is 7.88. The van der Waals surface area contributed by atoms with Gasteiger partial charge in [-0.3, -0.25) is 4.79 Å². The molecule has 192 valence electrons. The number of morpholine rings is 1. The highest BCUT2D eigenvalue weighted by Gasteiger charge is 2.28. The van der Waals surface area contributed by atoms with Crippen molar-refractivity contribution in [2.45, 2.75) is 25.9 Å². The zero-order valence-electron chi connectivity index (χ0n) is 20.2. The first kappa shape index (κ1) is 24.8. The average Bonchev–Trinajstić information content (AvgIpc) is 3.33. The zero-order chi connectivity index (χ0) is 25.3. The molecule has 36 heavy (non-hydrogen) atoms. The molecule has 0 saturated carbocycles. The first-order chi connectivity index (χ1) is 17.3. The van der Waals surface area contributed by atoms with Crippen molar-refractivity contribution in [3.63, 3.8) is 0 Å². The van der Waals surface area contributed by atoms with Crippen molar-refractivity contribution >= 4 is 32.9 Å². The molecule has 0 spiro atoms. The molecule has 4 heterocycles. The van der Waals surface area contributed by atoms with Gasteiger partial charge in [0.2, 0.25) is 21.9 Å². The summed E-state index contributed by atoms with van der Waals surface area (Å²) in [6.07, 6.45) is 4.36. The first-order valence-corrected chi connectivity index (χ1v) is 14.0. The lowest BCUT2D eigenvalue weighted by Crippen LogP contribution is -2.38. The highest BCUT2D eigenvalue weighted by atomic mass is 32.2. The lowest BCUT2D eigenvalue weighted by atomic mass is 9.94. The second-order valence-electron chi connectivity index (χ2n) is 9.33. The van der Waals surface area contributed by atoms with Gasteiger partial charge in [0.05, 0.1) is 43.4 Å². The zero-order valence-corrected chi connectivity index (χ0v) is 21.0. The standard InChI is InChI=1S/C24H30N6O5S/c1-36(33,34)29-7-5-17(6-8-29)14-21(32)30-23-20(15-25-30)22(19-4-2-3-18(13-19)16-31)26-24(27-23)28-9-11-35-12-10-28/h2-4,13,15,17,31H,5-12,14,16H2,1H3. The van der Waals surface area contributed by atoms with Crippen LogP contribution in [0.25, 0.3) is 22.3 Å². The number of piperidine rings is 1. The average molecular weight is 515 g/mol. The number of aromatic nitrogens is 4. The Bertz CT molecular complexity index is 1360. The molecule has 1 N–H and O–H groups in total. The molecule has 2 aromatic heterocycles. The first-order valence-electron chi connectivity index (χ1n) is 12.1. The fourth-order valence-corrected chi connectivity index (χ4v) is 5.67. The Labute approximate surface area is 209 Å². The van der Waals surface area contributed by atoms with Gasteiger partial charge in [-0.05, 0) is 30.4 Å². The Morgan fingerprint density at radius 3 is 2.58 bits per heavy atom. The molecule has 0 amide bonds. The van der Waals surface area contributed by atoms with E-state index in [1.165, 1.54) is 15.2 Å². The van der Waals surface area contributed by atoms with Crippen LogP contribution in [0.5, 0.6) is 0 Å². The largest absolute Gasteiger partial charge is 0.392 e. The van der Waals surface area contributed by atoms with Crippen molar-refractivity contribution < 1.29 is 23.1 Å². The Morgan fingerprint density at radius 1 is 1.14 bits per heavy atom. The van der Waals surface area contributed by atoms with E-state index in [1.807, 2.05) is 29.2 Å². The molecular weight excluding hydrogens is 484 g/mol.